The Labute approximate surface area is 138 Å². The summed E-state index contributed by atoms with van der Waals surface area (Å²) >= 11 is 0. The molecule has 1 heterocycles. The highest BCUT2D eigenvalue weighted by Gasteiger charge is 2.30. The van der Waals surface area contributed by atoms with Crippen molar-refractivity contribution in [2.24, 2.45) is 4.99 Å². The lowest BCUT2D eigenvalue weighted by molar-refractivity contribution is -0.137. The molecule has 2 rings (SSSR count). The van der Waals surface area contributed by atoms with Gasteiger partial charge in [-0.05, 0) is 36.8 Å². The van der Waals surface area contributed by atoms with E-state index in [1.54, 1.807) is 12.3 Å². The molecule has 2 N–H and O–H groups in total. The lowest BCUT2D eigenvalue weighted by Gasteiger charge is -2.11. The highest BCUT2D eigenvalue weighted by Crippen LogP contribution is 2.29. The molecule has 2 aromatic rings. The van der Waals surface area contributed by atoms with Crippen LogP contribution in [0.3, 0.4) is 0 Å². The number of aliphatic imine (C=N–C) groups is 1. The predicted octanol–water partition coefficient (Wildman–Crippen LogP) is 3.36. The van der Waals surface area contributed by atoms with Crippen LogP contribution in [-0.2, 0) is 19.3 Å². The molecule has 0 saturated carbocycles. The van der Waals surface area contributed by atoms with E-state index < -0.39 is 11.7 Å². The molecule has 0 amide bonds. The Morgan fingerprint density at radius 3 is 2.62 bits per heavy atom. The van der Waals surface area contributed by atoms with E-state index in [-0.39, 0.29) is 6.54 Å². The third-order valence-corrected chi connectivity index (χ3v) is 3.18. The Morgan fingerprint density at radius 2 is 1.96 bits per heavy atom. The third-order valence-electron chi connectivity index (χ3n) is 3.18. The molecule has 0 saturated heterocycles. The van der Waals surface area contributed by atoms with Crippen molar-refractivity contribution in [2.75, 3.05) is 6.54 Å². The van der Waals surface area contributed by atoms with Crippen LogP contribution in [0, 0.1) is 0 Å². The number of hydrogen-bond acceptors (Lipinski definition) is 2. The van der Waals surface area contributed by atoms with E-state index in [2.05, 4.69) is 20.6 Å². The minimum Gasteiger partial charge on any atom is -0.357 e. The Kier molecular flexibility index (Phi) is 6.17. The molecule has 0 atom stereocenters. The molecule has 1 aromatic heterocycles. The van der Waals surface area contributed by atoms with Crippen molar-refractivity contribution in [1.29, 1.82) is 0 Å². The second-order valence-corrected chi connectivity index (χ2v) is 5.07. The van der Waals surface area contributed by atoms with Gasteiger partial charge in [0.15, 0.2) is 5.96 Å². The number of hydrogen-bond donors (Lipinski definition) is 2. The molecular weight excluding hydrogens is 317 g/mol. The van der Waals surface area contributed by atoms with Crippen molar-refractivity contribution in [3.05, 3.63) is 65.5 Å². The van der Waals surface area contributed by atoms with Gasteiger partial charge >= 0.3 is 6.18 Å². The van der Waals surface area contributed by atoms with Crippen molar-refractivity contribution in [1.82, 2.24) is 15.6 Å². The third kappa shape index (κ3) is 5.57. The van der Waals surface area contributed by atoms with Gasteiger partial charge in [0.2, 0.25) is 0 Å². The maximum atomic E-state index is 12.7. The van der Waals surface area contributed by atoms with E-state index in [4.69, 9.17) is 0 Å². The minimum atomic E-state index is -4.35. The van der Waals surface area contributed by atoms with E-state index in [0.717, 1.165) is 17.8 Å². The van der Waals surface area contributed by atoms with Gasteiger partial charge in [-0.25, -0.2) is 4.99 Å². The van der Waals surface area contributed by atoms with Crippen LogP contribution in [0.25, 0.3) is 0 Å². The van der Waals surface area contributed by atoms with Crippen LogP contribution in [0.4, 0.5) is 13.2 Å². The molecule has 0 fully saturated rings. The number of halogens is 3. The van der Waals surface area contributed by atoms with Gasteiger partial charge in [-0.15, -0.1) is 0 Å². The lowest BCUT2D eigenvalue weighted by atomic mass is 10.1. The molecule has 0 aliphatic heterocycles. The smallest absolute Gasteiger partial charge is 0.357 e. The Morgan fingerprint density at radius 1 is 1.12 bits per heavy atom. The second-order valence-electron chi connectivity index (χ2n) is 5.07. The number of guanidine groups is 1. The average Bonchev–Trinajstić information content (AvgIpc) is 2.58. The van der Waals surface area contributed by atoms with Crippen LogP contribution in [-0.4, -0.2) is 17.5 Å². The van der Waals surface area contributed by atoms with E-state index in [1.807, 2.05) is 25.1 Å². The fourth-order valence-corrected chi connectivity index (χ4v) is 2.04. The fourth-order valence-electron chi connectivity index (χ4n) is 2.04. The number of aromatic nitrogens is 1. The van der Waals surface area contributed by atoms with E-state index >= 15 is 0 Å². The largest absolute Gasteiger partial charge is 0.416 e. The van der Waals surface area contributed by atoms with Crippen LogP contribution >= 0.6 is 0 Å². The summed E-state index contributed by atoms with van der Waals surface area (Å²) in [5.41, 5.74) is 0.684. The quantitative estimate of drug-likeness (QED) is 0.650. The number of pyridine rings is 1. The van der Waals surface area contributed by atoms with Gasteiger partial charge in [-0.1, -0.05) is 18.2 Å². The Hall–Kier alpha value is -2.57. The van der Waals surface area contributed by atoms with Crippen molar-refractivity contribution >= 4 is 5.96 Å². The topological polar surface area (TPSA) is 49.3 Å². The molecule has 0 bridgehead atoms. The molecule has 1 aromatic carbocycles. The summed E-state index contributed by atoms with van der Waals surface area (Å²) < 4.78 is 38.2. The number of rotatable bonds is 5. The first kappa shape index (κ1) is 17.8. The van der Waals surface area contributed by atoms with Gasteiger partial charge in [0, 0.05) is 12.7 Å². The van der Waals surface area contributed by atoms with Gasteiger partial charge in [-0.3, -0.25) is 4.98 Å². The van der Waals surface area contributed by atoms with E-state index in [1.165, 1.54) is 6.07 Å². The minimum absolute atomic E-state index is 0.154. The zero-order valence-electron chi connectivity index (χ0n) is 13.3. The van der Waals surface area contributed by atoms with E-state index in [0.29, 0.717) is 24.6 Å². The molecule has 0 aliphatic carbocycles. The van der Waals surface area contributed by atoms with Crippen LogP contribution in [0.1, 0.15) is 23.7 Å². The van der Waals surface area contributed by atoms with Crippen LogP contribution in [0.5, 0.6) is 0 Å². The molecule has 0 radical (unpaired) electrons. The maximum Gasteiger partial charge on any atom is 0.416 e. The summed E-state index contributed by atoms with van der Waals surface area (Å²) in [6.45, 7) is 3.20. The number of nitrogens with one attached hydrogen (secondary N) is 2. The number of alkyl halides is 3. The molecule has 0 unspecified atom stereocenters. The first-order valence-corrected chi connectivity index (χ1v) is 7.57. The summed E-state index contributed by atoms with van der Waals surface area (Å²) in [6, 6.07) is 10.8. The Bertz CT molecular complexity index is 669. The van der Waals surface area contributed by atoms with Crippen molar-refractivity contribution in [2.45, 2.75) is 26.2 Å². The molecular formula is C17H19F3N4. The molecule has 0 aliphatic rings. The first-order chi connectivity index (χ1) is 11.5. The highest BCUT2D eigenvalue weighted by molar-refractivity contribution is 5.79. The number of nitrogens with zero attached hydrogens (tertiary/aromatic N) is 2. The van der Waals surface area contributed by atoms with Crippen LogP contribution < -0.4 is 10.6 Å². The first-order valence-electron chi connectivity index (χ1n) is 7.57. The normalized spacial score (nSPS) is 12.1. The highest BCUT2D eigenvalue weighted by atomic mass is 19.4. The van der Waals surface area contributed by atoms with Gasteiger partial charge in [0.1, 0.15) is 0 Å². The summed E-state index contributed by atoms with van der Waals surface area (Å²) in [6.07, 6.45) is -2.65. The summed E-state index contributed by atoms with van der Waals surface area (Å²) in [7, 11) is 0. The van der Waals surface area contributed by atoms with Gasteiger partial charge in [-0.2, -0.15) is 13.2 Å². The summed E-state index contributed by atoms with van der Waals surface area (Å²) in [4.78, 5) is 8.52. The predicted molar refractivity (Wildman–Crippen MR) is 87.3 cm³/mol. The molecule has 4 nitrogen and oxygen atoms in total. The summed E-state index contributed by atoms with van der Waals surface area (Å²) in [5, 5.41) is 6.16. The second kappa shape index (κ2) is 8.33. The van der Waals surface area contributed by atoms with Crippen LogP contribution in [0.2, 0.25) is 0 Å². The molecule has 24 heavy (non-hydrogen) atoms. The monoisotopic (exact) mass is 336 g/mol. The van der Waals surface area contributed by atoms with Crippen molar-refractivity contribution in [3.63, 3.8) is 0 Å². The van der Waals surface area contributed by atoms with Crippen LogP contribution in [0.15, 0.2) is 53.7 Å². The van der Waals surface area contributed by atoms with Gasteiger partial charge in [0.05, 0.1) is 24.3 Å². The van der Waals surface area contributed by atoms with Gasteiger partial charge in [0.25, 0.3) is 0 Å². The van der Waals surface area contributed by atoms with E-state index in [9.17, 15) is 13.2 Å². The number of benzene rings is 1. The standard InChI is InChI=1S/C17H19F3N4/c1-2-21-16(24-12-15-8-3-4-9-22-15)23-11-13-6-5-7-14(10-13)17(18,19)20/h3-10H,2,11-12H2,1H3,(H2,21,23,24). The van der Waals surface area contributed by atoms with Crippen molar-refractivity contribution < 1.29 is 13.2 Å². The SMILES string of the molecule is CCNC(=NCc1cccc(C(F)(F)F)c1)NCc1ccccn1. The van der Waals surface area contributed by atoms with Crippen molar-refractivity contribution in [3.8, 4) is 0 Å². The van der Waals surface area contributed by atoms with Gasteiger partial charge < -0.3 is 10.6 Å². The summed E-state index contributed by atoms with van der Waals surface area (Å²) in [5.74, 6) is 0.528. The molecule has 7 heteroatoms. The zero-order chi connectivity index (χ0) is 17.4. The average molecular weight is 336 g/mol. The molecule has 0 spiro atoms. The maximum absolute atomic E-state index is 12.7. The Balaban J connectivity index is 2.02. The zero-order valence-corrected chi connectivity index (χ0v) is 13.3. The lowest BCUT2D eigenvalue weighted by Crippen LogP contribution is -2.37. The fraction of sp³-hybridized carbons (Fsp3) is 0.294. The molecule has 128 valence electrons.